The predicted molar refractivity (Wildman–Crippen MR) is 98.1 cm³/mol. The SMILES string of the molecule is CC(OC(=O)CCNC(=O)c1cccs1)C(=O)Nc1ccnn1C(C)C. The molecule has 8 nitrogen and oxygen atoms in total. The molecule has 2 aromatic rings. The van der Waals surface area contributed by atoms with E-state index in [1.54, 1.807) is 34.5 Å². The van der Waals surface area contributed by atoms with Crippen molar-refractivity contribution >= 4 is 34.9 Å². The lowest BCUT2D eigenvalue weighted by atomic mass is 10.3. The number of hydrogen-bond acceptors (Lipinski definition) is 6. The van der Waals surface area contributed by atoms with Crippen molar-refractivity contribution in [1.82, 2.24) is 15.1 Å². The molecular formula is C17H22N4O4S. The highest BCUT2D eigenvalue weighted by Crippen LogP contribution is 2.13. The molecule has 0 bridgehead atoms. The molecular weight excluding hydrogens is 356 g/mol. The van der Waals surface area contributed by atoms with Crippen molar-refractivity contribution in [1.29, 1.82) is 0 Å². The minimum atomic E-state index is -0.953. The van der Waals surface area contributed by atoms with Gasteiger partial charge in [0.25, 0.3) is 11.8 Å². The molecule has 0 aliphatic heterocycles. The summed E-state index contributed by atoms with van der Waals surface area (Å²) in [7, 11) is 0. The fraction of sp³-hybridized carbons (Fsp3) is 0.412. The first kappa shape index (κ1) is 19.6. The van der Waals surface area contributed by atoms with Crippen molar-refractivity contribution in [3.8, 4) is 0 Å². The third-order valence-corrected chi connectivity index (χ3v) is 4.32. The van der Waals surface area contributed by atoms with Gasteiger partial charge in [0.05, 0.1) is 17.5 Å². The summed E-state index contributed by atoms with van der Waals surface area (Å²) < 4.78 is 6.76. The number of amides is 2. The minimum absolute atomic E-state index is 0.0152. The van der Waals surface area contributed by atoms with Gasteiger partial charge < -0.3 is 15.4 Å². The number of ether oxygens (including phenoxy) is 1. The topological polar surface area (TPSA) is 102 Å². The number of esters is 1. The summed E-state index contributed by atoms with van der Waals surface area (Å²) >= 11 is 1.32. The lowest BCUT2D eigenvalue weighted by Gasteiger charge is -2.15. The molecule has 2 amide bonds. The molecule has 9 heteroatoms. The van der Waals surface area contributed by atoms with Crippen LogP contribution in [-0.4, -0.2) is 40.2 Å². The molecule has 0 aliphatic rings. The fourth-order valence-corrected chi connectivity index (χ4v) is 2.78. The van der Waals surface area contributed by atoms with Crippen LogP contribution < -0.4 is 10.6 Å². The Hall–Kier alpha value is -2.68. The number of rotatable bonds is 8. The quantitative estimate of drug-likeness (QED) is 0.686. The molecule has 2 rings (SSSR count). The summed E-state index contributed by atoms with van der Waals surface area (Å²) in [5.41, 5.74) is 0. The molecule has 0 aliphatic carbocycles. The van der Waals surface area contributed by atoms with Crippen LogP contribution in [0.5, 0.6) is 0 Å². The maximum Gasteiger partial charge on any atom is 0.308 e. The molecule has 0 saturated heterocycles. The Morgan fingerprint density at radius 3 is 2.69 bits per heavy atom. The first-order valence-electron chi connectivity index (χ1n) is 8.24. The number of aromatic nitrogens is 2. The Balaban J connectivity index is 1.74. The van der Waals surface area contributed by atoms with E-state index >= 15 is 0 Å². The minimum Gasteiger partial charge on any atom is -0.452 e. The van der Waals surface area contributed by atoms with E-state index in [4.69, 9.17) is 4.74 Å². The van der Waals surface area contributed by atoms with E-state index in [9.17, 15) is 14.4 Å². The second-order valence-electron chi connectivity index (χ2n) is 5.86. The smallest absolute Gasteiger partial charge is 0.308 e. The van der Waals surface area contributed by atoms with Crippen molar-refractivity contribution in [3.05, 3.63) is 34.7 Å². The summed E-state index contributed by atoms with van der Waals surface area (Å²) in [4.78, 5) is 36.3. The molecule has 1 atom stereocenters. The van der Waals surface area contributed by atoms with E-state index in [1.807, 2.05) is 13.8 Å². The van der Waals surface area contributed by atoms with Crippen LogP contribution in [0.1, 0.15) is 42.9 Å². The van der Waals surface area contributed by atoms with E-state index in [2.05, 4.69) is 15.7 Å². The van der Waals surface area contributed by atoms with E-state index in [0.717, 1.165) is 0 Å². The van der Waals surface area contributed by atoms with Gasteiger partial charge in [-0.05, 0) is 32.2 Å². The zero-order chi connectivity index (χ0) is 19.1. The Labute approximate surface area is 155 Å². The van der Waals surface area contributed by atoms with Crippen LogP contribution in [-0.2, 0) is 14.3 Å². The number of carbonyl (C=O) groups is 3. The largest absolute Gasteiger partial charge is 0.452 e. The van der Waals surface area contributed by atoms with Crippen LogP contribution in [0, 0.1) is 0 Å². The summed E-state index contributed by atoms with van der Waals surface area (Å²) in [5.74, 6) is -0.698. The third kappa shape index (κ3) is 5.41. The highest BCUT2D eigenvalue weighted by atomic mass is 32.1. The Kier molecular flexibility index (Phi) is 6.90. The van der Waals surface area contributed by atoms with Crippen molar-refractivity contribution in [3.63, 3.8) is 0 Å². The van der Waals surface area contributed by atoms with E-state index in [-0.39, 0.29) is 24.9 Å². The molecule has 2 aromatic heterocycles. The molecule has 1 unspecified atom stereocenters. The van der Waals surface area contributed by atoms with Gasteiger partial charge in [0.15, 0.2) is 6.10 Å². The first-order chi connectivity index (χ1) is 12.4. The zero-order valence-electron chi connectivity index (χ0n) is 14.9. The van der Waals surface area contributed by atoms with Gasteiger partial charge in [0.1, 0.15) is 5.82 Å². The van der Waals surface area contributed by atoms with Gasteiger partial charge >= 0.3 is 5.97 Å². The van der Waals surface area contributed by atoms with Crippen molar-refractivity contribution in [2.45, 2.75) is 39.3 Å². The predicted octanol–water partition coefficient (Wildman–Crippen LogP) is 2.22. The number of nitrogens with one attached hydrogen (secondary N) is 2. The summed E-state index contributed by atoms with van der Waals surface area (Å²) in [6.07, 6.45) is 0.618. The van der Waals surface area contributed by atoms with Gasteiger partial charge in [-0.15, -0.1) is 11.3 Å². The van der Waals surface area contributed by atoms with Gasteiger partial charge in [-0.3, -0.25) is 14.4 Å². The van der Waals surface area contributed by atoms with E-state index in [1.165, 1.54) is 18.3 Å². The number of carbonyl (C=O) groups excluding carboxylic acids is 3. The second-order valence-corrected chi connectivity index (χ2v) is 6.81. The van der Waals surface area contributed by atoms with Crippen LogP contribution >= 0.6 is 11.3 Å². The lowest BCUT2D eigenvalue weighted by molar-refractivity contribution is -0.153. The van der Waals surface area contributed by atoms with Crippen molar-refractivity contribution in [2.24, 2.45) is 0 Å². The fourth-order valence-electron chi connectivity index (χ4n) is 2.14. The van der Waals surface area contributed by atoms with Crippen LogP contribution in [0.4, 0.5) is 5.82 Å². The lowest BCUT2D eigenvalue weighted by Crippen LogP contribution is -2.32. The normalized spacial score (nSPS) is 11.8. The molecule has 0 radical (unpaired) electrons. The van der Waals surface area contributed by atoms with Gasteiger partial charge in [0.2, 0.25) is 0 Å². The molecule has 0 aromatic carbocycles. The molecule has 0 fully saturated rings. The van der Waals surface area contributed by atoms with Gasteiger partial charge in [-0.1, -0.05) is 6.07 Å². The maximum atomic E-state index is 12.2. The zero-order valence-corrected chi connectivity index (χ0v) is 15.7. The monoisotopic (exact) mass is 378 g/mol. The maximum absolute atomic E-state index is 12.2. The van der Waals surface area contributed by atoms with Crippen LogP contribution in [0.2, 0.25) is 0 Å². The summed E-state index contributed by atoms with van der Waals surface area (Å²) in [6, 6.07) is 5.24. The Morgan fingerprint density at radius 2 is 2.04 bits per heavy atom. The van der Waals surface area contributed by atoms with Gasteiger partial charge in [-0.25, -0.2) is 4.68 Å². The average Bonchev–Trinajstić information content (AvgIpc) is 3.26. The molecule has 2 heterocycles. The first-order valence-corrected chi connectivity index (χ1v) is 9.12. The Morgan fingerprint density at radius 1 is 1.27 bits per heavy atom. The van der Waals surface area contributed by atoms with Crippen LogP contribution in [0.25, 0.3) is 0 Å². The number of nitrogens with zero attached hydrogens (tertiary/aromatic N) is 2. The van der Waals surface area contributed by atoms with Crippen LogP contribution in [0.3, 0.4) is 0 Å². The van der Waals surface area contributed by atoms with Crippen molar-refractivity contribution in [2.75, 3.05) is 11.9 Å². The van der Waals surface area contributed by atoms with Gasteiger partial charge in [-0.2, -0.15) is 5.10 Å². The standard InChI is InChI=1S/C17H22N4O4S/c1-11(2)21-14(6-9-19-21)20-16(23)12(3)25-15(22)7-8-18-17(24)13-5-4-10-26-13/h4-6,9-12H,7-8H2,1-3H3,(H,18,24)(H,20,23). The molecule has 140 valence electrons. The van der Waals surface area contributed by atoms with Crippen molar-refractivity contribution < 1.29 is 19.1 Å². The van der Waals surface area contributed by atoms with E-state index in [0.29, 0.717) is 10.7 Å². The van der Waals surface area contributed by atoms with Gasteiger partial charge in [0, 0.05) is 18.7 Å². The summed E-state index contributed by atoms with van der Waals surface area (Å²) in [6.45, 7) is 5.52. The molecule has 2 N–H and O–H groups in total. The van der Waals surface area contributed by atoms with E-state index < -0.39 is 18.0 Å². The molecule has 0 saturated carbocycles. The number of thiophene rings is 1. The Bertz CT molecular complexity index is 755. The third-order valence-electron chi connectivity index (χ3n) is 3.45. The number of anilines is 1. The highest BCUT2D eigenvalue weighted by Gasteiger charge is 2.19. The van der Waals surface area contributed by atoms with Crippen LogP contribution in [0.15, 0.2) is 29.8 Å². The molecule has 26 heavy (non-hydrogen) atoms. The summed E-state index contributed by atoms with van der Waals surface area (Å²) in [5, 5.41) is 11.2. The average molecular weight is 378 g/mol. The highest BCUT2D eigenvalue weighted by molar-refractivity contribution is 7.12. The number of hydrogen-bond donors (Lipinski definition) is 2. The molecule has 0 spiro atoms. The second kappa shape index (κ2) is 9.14.